The van der Waals surface area contributed by atoms with Crippen molar-refractivity contribution in [2.45, 2.75) is 32.0 Å². The van der Waals surface area contributed by atoms with Crippen LogP contribution in [0.2, 0.25) is 0 Å². The van der Waals surface area contributed by atoms with Crippen molar-refractivity contribution in [3.63, 3.8) is 0 Å². The highest BCUT2D eigenvalue weighted by atomic mass is 16.6. The molecule has 30 heavy (non-hydrogen) atoms. The number of rotatable bonds is 5. The predicted octanol–water partition coefficient (Wildman–Crippen LogP) is 2.81. The Morgan fingerprint density at radius 2 is 1.83 bits per heavy atom. The van der Waals surface area contributed by atoms with E-state index in [0.717, 1.165) is 5.56 Å². The zero-order valence-electron chi connectivity index (χ0n) is 16.9. The summed E-state index contributed by atoms with van der Waals surface area (Å²) < 4.78 is 16.1. The fourth-order valence-electron chi connectivity index (χ4n) is 3.91. The zero-order chi connectivity index (χ0) is 21.4. The van der Waals surface area contributed by atoms with E-state index in [1.165, 1.54) is 19.1 Å². The number of nitrogens with one attached hydrogen (secondary N) is 1. The summed E-state index contributed by atoms with van der Waals surface area (Å²) in [6.07, 6.45) is -0.452. The number of cyclic esters (lactones) is 1. The van der Waals surface area contributed by atoms with E-state index in [9.17, 15) is 14.4 Å². The second kappa shape index (κ2) is 7.70. The van der Waals surface area contributed by atoms with Gasteiger partial charge in [0.15, 0.2) is 11.5 Å². The number of hydrogen-bond acceptors (Lipinski definition) is 6. The number of carbonyl (C=O) groups excluding carboxylic acids is 3. The smallest absolute Gasteiger partial charge is 0.344 e. The number of methoxy groups -OCH3 is 2. The minimum absolute atomic E-state index is 0.197. The van der Waals surface area contributed by atoms with Gasteiger partial charge in [0.25, 0.3) is 0 Å². The molecule has 2 unspecified atom stereocenters. The molecule has 2 aliphatic rings. The van der Waals surface area contributed by atoms with Crippen molar-refractivity contribution in [1.29, 1.82) is 0 Å². The average Bonchev–Trinajstić information content (AvgIpc) is 3.28. The van der Waals surface area contributed by atoms with Gasteiger partial charge in [0, 0.05) is 17.7 Å². The van der Waals surface area contributed by atoms with Crippen LogP contribution in [0.4, 0.5) is 5.69 Å². The summed E-state index contributed by atoms with van der Waals surface area (Å²) in [5.74, 6) is -0.567. The largest absolute Gasteiger partial charge is 0.493 e. The van der Waals surface area contributed by atoms with Crippen LogP contribution in [0.15, 0.2) is 36.4 Å². The van der Waals surface area contributed by atoms with Gasteiger partial charge < -0.3 is 19.5 Å². The average molecular weight is 410 g/mol. The molecule has 0 aliphatic carbocycles. The maximum absolute atomic E-state index is 12.9. The standard InChI is InChI=1S/C22H22N2O6/c1-12-4-6-13(7-5-12)23-20(26)15-9-11-17(25)24(15)21-14-8-10-16(28-2)19(29-3)18(14)22(27)30-21/h4-8,10,15,21H,9,11H2,1-3H3,(H,23,26). The maximum atomic E-state index is 12.9. The molecular weight excluding hydrogens is 388 g/mol. The van der Waals surface area contributed by atoms with Gasteiger partial charge in [-0.3, -0.25) is 14.5 Å². The summed E-state index contributed by atoms with van der Waals surface area (Å²) in [5.41, 5.74) is 2.39. The Morgan fingerprint density at radius 3 is 2.50 bits per heavy atom. The lowest BCUT2D eigenvalue weighted by Gasteiger charge is -2.29. The minimum atomic E-state index is -0.990. The third kappa shape index (κ3) is 3.24. The van der Waals surface area contributed by atoms with Crippen molar-refractivity contribution < 1.29 is 28.6 Å². The summed E-state index contributed by atoms with van der Waals surface area (Å²) >= 11 is 0. The molecule has 4 rings (SSSR count). The molecule has 156 valence electrons. The van der Waals surface area contributed by atoms with Gasteiger partial charge in [-0.1, -0.05) is 17.7 Å². The molecular formula is C22H22N2O6. The Hall–Kier alpha value is -3.55. The zero-order valence-corrected chi connectivity index (χ0v) is 16.9. The molecule has 1 N–H and O–H groups in total. The molecule has 0 bridgehead atoms. The molecule has 8 heteroatoms. The van der Waals surface area contributed by atoms with E-state index in [2.05, 4.69) is 5.32 Å². The van der Waals surface area contributed by atoms with E-state index in [4.69, 9.17) is 14.2 Å². The quantitative estimate of drug-likeness (QED) is 0.762. The van der Waals surface area contributed by atoms with Crippen LogP contribution in [-0.2, 0) is 14.3 Å². The molecule has 2 aromatic carbocycles. The third-order valence-corrected chi connectivity index (χ3v) is 5.40. The van der Waals surface area contributed by atoms with Crippen molar-refractivity contribution in [3.05, 3.63) is 53.1 Å². The van der Waals surface area contributed by atoms with Gasteiger partial charge in [0.05, 0.1) is 14.2 Å². The molecule has 8 nitrogen and oxygen atoms in total. The van der Waals surface area contributed by atoms with E-state index in [-0.39, 0.29) is 29.5 Å². The first-order valence-electron chi connectivity index (χ1n) is 9.59. The van der Waals surface area contributed by atoms with E-state index in [0.29, 0.717) is 23.4 Å². The number of benzene rings is 2. The Morgan fingerprint density at radius 1 is 1.10 bits per heavy atom. The number of likely N-dealkylation sites (tertiary alicyclic amines) is 1. The van der Waals surface area contributed by atoms with Crippen LogP contribution in [-0.4, -0.2) is 42.9 Å². The molecule has 1 saturated heterocycles. The van der Waals surface area contributed by atoms with E-state index >= 15 is 0 Å². The van der Waals surface area contributed by atoms with Crippen LogP contribution in [0.5, 0.6) is 11.5 Å². The molecule has 1 fully saturated rings. The van der Waals surface area contributed by atoms with Crippen LogP contribution in [0.3, 0.4) is 0 Å². The topological polar surface area (TPSA) is 94.2 Å². The first-order valence-corrected chi connectivity index (χ1v) is 9.59. The predicted molar refractivity (Wildman–Crippen MR) is 107 cm³/mol. The van der Waals surface area contributed by atoms with Gasteiger partial charge in [-0.15, -0.1) is 0 Å². The maximum Gasteiger partial charge on any atom is 0.344 e. The van der Waals surface area contributed by atoms with Crippen molar-refractivity contribution >= 4 is 23.5 Å². The second-order valence-corrected chi connectivity index (χ2v) is 7.23. The monoisotopic (exact) mass is 410 g/mol. The van der Waals surface area contributed by atoms with E-state index in [1.54, 1.807) is 24.3 Å². The summed E-state index contributed by atoms with van der Waals surface area (Å²) in [7, 11) is 2.90. The van der Waals surface area contributed by atoms with Crippen molar-refractivity contribution in [3.8, 4) is 11.5 Å². The van der Waals surface area contributed by atoms with Crippen molar-refractivity contribution in [1.82, 2.24) is 4.90 Å². The van der Waals surface area contributed by atoms with Crippen molar-refractivity contribution in [2.24, 2.45) is 0 Å². The molecule has 0 aromatic heterocycles. The summed E-state index contributed by atoms with van der Waals surface area (Å²) in [6.45, 7) is 1.96. The van der Waals surface area contributed by atoms with Gasteiger partial charge in [0.1, 0.15) is 11.6 Å². The van der Waals surface area contributed by atoms with Gasteiger partial charge in [-0.25, -0.2) is 4.79 Å². The molecule has 2 amide bonds. The molecule has 2 atom stereocenters. The lowest BCUT2D eigenvalue weighted by Crippen LogP contribution is -2.43. The van der Waals surface area contributed by atoms with E-state index < -0.39 is 18.2 Å². The summed E-state index contributed by atoms with van der Waals surface area (Å²) in [6, 6.07) is 9.94. The van der Waals surface area contributed by atoms with Gasteiger partial charge in [0.2, 0.25) is 18.0 Å². The summed E-state index contributed by atoms with van der Waals surface area (Å²) in [5, 5.41) is 2.84. The molecule has 2 heterocycles. The highest BCUT2D eigenvalue weighted by Gasteiger charge is 2.47. The third-order valence-electron chi connectivity index (χ3n) is 5.40. The molecule has 0 spiro atoms. The first-order chi connectivity index (χ1) is 14.4. The number of anilines is 1. The van der Waals surface area contributed by atoms with Crippen LogP contribution < -0.4 is 14.8 Å². The van der Waals surface area contributed by atoms with Crippen LogP contribution in [0.25, 0.3) is 0 Å². The SMILES string of the molecule is COc1ccc2c(c1OC)C(=O)OC2N1C(=O)CCC1C(=O)Nc1ccc(C)cc1. The molecule has 0 radical (unpaired) electrons. The number of carbonyl (C=O) groups is 3. The Bertz CT molecular complexity index is 1020. The highest BCUT2D eigenvalue weighted by Crippen LogP contribution is 2.45. The Labute approximate surface area is 173 Å². The lowest BCUT2D eigenvalue weighted by molar-refractivity contribution is -0.144. The van der Waals surface area contributed by atoms with Gasteiger partial charge in [-0.2, -0.15) is 0 Å². The normalized spacial score (nSPS) is 20.0. The van der Waals surface area contributed by atoms with Gasteiger partial charge in [-0.05, 0) is 37.6 Å². The number of amides is 2. The van der Waals surface area contributed by atoms with Gasteiger partial charge >= 0.3 is 5.97 Å². The number of nitrogens with zero attached hydrogens (tertiary/aromatic N) is 1. The molecule has 0 saturated carbocycles. The number of ether oxygens (including phenoxy) is 3. The summed E-state index contributed by atoms with van der Waals surface area (Å²) in [4.78, 5) is 39.5. The second-order valence-electron chi connectivity index (χ2n) is 7.23. The van der Waals surface area contributed by atoms with Crippen LogP contribution in [0, 0.1) is 6.92 Å². The number of aryl methyl sites for hydroxylation is 1. The number of fused-ring (bicyclic) bond motifs is 1. The van der Waals surface area contributed by atoms with Crippen LogP contribution in [0.1, 0.15) is 40.6 Å². The Kier molecular flexibility index (Phi) is 5.07. The Balaban J connectivity index is 1.64. The fourth-order valence-corrected chi connectivity index (χ4v) is 3.91. The number of esters is 1. The van der Waals surface area contributed by atoms with Crippen molar-refractivity contribution in [2.75, 3.05) is 19.5 Å². The molecule has 2 aromatic rings. The lowest BCUT2D eigenvalue weighted by atomic mass is 10.0. The number of hydrogen-bond donors (Lipinski definition) is 1. The van der Waals surface area contributed by atoms with Crippen LogP contribution >= 0.6 is 0 Å². The highest BCUT2D eigenvalue weighted by molar-refractivity contribution is 6.01. The fraction of sp³-hybridized carbons (Fsp3) is 0.318. The minimum Gasteiger partial charge on any atom is -0.493 e. The first kappa shape index (κ1) is 19.8. The molecule has 2 aliphatic heterocycles. The van der Waals surface area contributed by atoms with E-state index in [1.807, 2.05) is 19.1 Å².